The van der Waals surface area contributed by atoms with E-state index in [1.807, 2.05) is 0 Å². The van der Waals surface area contributed by atoms with E-state index in [1.54, 1.807) is 7.11 Å². The highest BCUT2D eigenvalue weighted by Gasteiger charge is 2.21. The predicted molar refractivity (Wildman–Crippen MR) is 48.6 cm³/mol. The number of rotatable bonds is 3. The molecule has 0 aromatic rings. The van der Waals surface area contributed by atoms with Gasteiger partial charge in [0, 0.05) is 26.7 Å². The van der Waals surface area contributed by atoms with Crippen LogP contribution in [0.2, 0.25) is 0 Å². The van der Waals surface area contributed by atoms with Crippen molar-refractivity contribution in [3.63, 3.8) is 0 Å². The van der Waals surface area contributed by atoms with E-state index in [0.29, 0.717) is 11.1 Å². The van der Waals surface area contributed by atoms with Gasteiger partial charge in [-0.25, -0.2) is 0 Å². The molecule has 4 heteroatoms. The van der Waals surface area contributed by atoms with E-state index < -0.39 is 0 Å². The van der Waals surface area contributed by atoms with Crippen LogP contribution in [-0.4, -0.2) is 42.7 Å². The second kappa shape index (κ2) is 3.99. The largest absolute Gasteiger partial charge is 0.392 e. The smallest absolute Gasteiger partial charge is 0.0870 e. The number of hydrogen-bond donors (Lipinski definition) is 1. The van der Waals surface area contributed by atoms with Crippen LogP contribution < -0.4 is 5.73 Å². The number of methoxy groups -OCH3 is 1. The molecule has 0 spiro atoms. The van der Waals surface area contributed by atoms with Crippen molar-refractivity contribution in [1.29, 1.82) is 0 Å². The molecular weight excluding hydrogens is 160 g/mol. The van der Waals surface area contributed by atoms with Crippen molar-refractivity contribution in [2.24, 2.45) is 5.73 Å². The Labute approximate surface area is 72.5 Å². The molecule has 3 nitrogen and oxygen atoms in total. The number of nitrogens with two attached hydrogens (primary N) is 1. The summed E-state index contributed by atoms with van der Waals surface area (Å²) in [5, 5.41) is 0. The Morgan fingerprint density at radius 3 is 3.00 bits per heavy atom. The van der Waals surface area contributed by atoms with Gasteiger partial charge in [-0.05, 0) is 6.42 Å². The minimum absolute atomic E-state index is 0.379. The Bertz CT molecular complexity index is 151. The number of ether oxygens (including phenoxy) is 1. The van der Waals surface area contributed by atoms with Gasteiger partial charge in [0.1, 0.15) is 0 Å². The molecule has 0 amide bonds. The molecule has 1 fully saturated rings. The number of thiocarbonyl (C=S) groups is 1. The van der Waals surface area contributed by atoms with Crippen LogP contribution in [0.3, 0.4) is 0 Å². The summed E-state index contributed by atoms with van der Waals surface area (Å²) in [5.74, 6) is 0. The molecule has 1 aliphatic rings. The van der Waals surface area contributed by atoms with Crippen LogP contribution in [0.15, 0.2) is 0 Å². The molecule has 1 unspecified atom stereocenters. The molecule has 0 radical (unpaired) electrons. The van der Waals surface area contributed by atoms with E-state index in [0.717, 1.165) is 26.1 Å². The van der Waals surface area contributed by atoms with Gasteiger partial charge >= 0.3 is 0 Å². The zero-order valence-corrected chi connectivity index (χ0v) is 7.56. The molecule has 0 aromatic carbocycles. The van der Waals surface area contributed by atoms with Crippen LogP contribution in [-0.2, 0) is 4.74 Å². The first-order chi connectivity index (χ1) is 5.22. The van der Waals surface area contributed by atoms with Gasteiger partial charge in [-0.2, -0.15) is 0 Å². The summed E-state index contributed by atoms with van der Waals surface area (Å²) in [7, 11) is 1.74. The topological polar surface area (TPSA) is 38.5 Å². The van der Waals surface area contributed by atoms with Gasteiger partial charge in [-0.3, -0.25) is 4.90 Å². The van der Waals surface area contributed by atoms with Crippen LogP contribution >= 0.6 is 12.2 Å². The third kappa shape index (κ3) is 2.73. The maximum atomic E-state index is 5.41. The van der Waals surface area contributed by atoms with Crippen molar-refractivity contribution in [3.8, 4) is 0 Å². The molecule has 1 aliphatic heterocycles. The second-order valence-corrected chi connectivity index (χ2v) is 3.37. The van der Waals surface area contributed by atoms with E-state index in [-0.39, 0.29) is 0 Å². The van der Waals surface area contributed by atoms with E-state index in [1.165, 1.54) is 0 Å². The minimum atomic E-state index is 0.379. The van der Waals surface area contributed by atoms with Crippen molar-refractivity contribution in [1.82, 2.24) is 4.90 Å². The van der Waals surface area contributed by atoms with Crippen molar-refractivity contribution < 1.29 is 4.74 Å². The van der Waals surface area contributed by atoms with Crippen LogP contribution in [0, 0.1) is 0 Å². The Balaban J connectivity index is 2.24. The van der Waals surface area contributed by atoms with Gasteiger partial charge in [0.05, 0.1) is 11.1 Å². The Morgan fingerprint density at radius 2 is 2.55 bits per heavy atom. The highest BCUT2D eigenvalue weighted by molar-refractivity contribution is 7.80. The molecule has 2 N–H and O–H groups in total. The molecule has 0 bridgehead atoms. The fraction of sp³-hybridized carbons (Fsp3) is 0.857. The summed E-state index contributed by atoms with van der Waals surface area (Å²) in [6.07, 6.45) is 1.48. The van der Waals surface area contributed by atoms with E-state index >= 15 is 0 Å². The van der Waals surface area contributed by atoms with E-state index in [9.17, 15) is 0 Å². The van der Waals surface area contributed by atoms with Crippen LogP contribution in [0.1, 0.15) is 6.42 Å². The summed E-state index contributed by atoms with van der Waals surface area (Å²) >= 11 is 4.80. The molecule has 1 atom stereocenters. The maximum Gasteiger partial charge on any atom is 0.0870 e. The average Bonchev–Trinajstić information content (AvgIpc) is 2.34. The maximum absolute atomic E-state index is 5.41. The highest BCUT2D eigenvalue weighted by Crippen LogP contribution is 2.10. The monoisotopic (exact) mass is 174 g/mol. The Kier molecular flexibility index (Phi) is 3.23. The zero-order chi connectivity index (χ0) is 8.27. The van der Waals surface area contributed by atoms with Gasteiger partial charge in [-0.1, -0.05) is 12.2 Å². The highest BCUT2D eigenvalue weighted by atomic mass is 32.1. The SMILES string of the molecule is COC1CCN(CC(N)=S)C1. The molecule has 64 valence electrons. The molecule has 11 heavy (non-hydrogen) atoms. The summed E-state index contributed by atoms with van der Waals surface area (Å²) in [6, 6.07) is 0. The van der Waals surface area contributed by atoms with Crippen molar-refractivity contribution in [2.75, 3.05) is 26.7 Å². The van der Waals surface area contributed by atoms with Crippen LogP contribution in [0.5, 0.6) is 0 Å². The third-order valence-electron chi connectivity index (χ3n) is 1.94. The van der Waals surface area contributed by atoms with Gasteiger partial charge in [0.15, 0.2) is 0 Å². The Morgan fingerprint density at radius 1 is 1.82 bits per heavy atom. The average molecular weight is 174 g/mol. The molecular formula is C7H14N2OS. The number of hydrogen-bond acceptors (Lipinski definition) is 3. The van der Waals surface area contributed by atoms with Crippen LogP contribution in [0.4, 0.5) is 0 Å². The zero-order valence-electron chi connectivity index (χ0n) is 6.75. The molecule has 0 aliphatic carbocycles. The molecule has 0 saturated carbocycles. The van der Waals surface area contributed by atoms with Gasteiger partial charge in [-0.15, -0.1) is 0 Å². The first-order valence-corrected chi connectivity index (χ1v) is 4.16. The fourth-order valence-corrected chi connectivity index (χ4v) is 1.54. The molecule has 1 rings (SSSR count). The summed E-state index contributed by atoms with van der Waals surface area (Å²) in [5.41, 5.74) is 5.41. The van der Waals surface area contributed by atoms with Gasteiger partial charge < -0.3 is 10.5 Å². The lowest BCUT2D eigenvalue weighted by atomic mass is 10.3. The standard InChI is InChI=1S/C7H14N2OS/c1-10-6-2-3-9(4-6)5-7(8)11/h6H,2-5H2,1H3,(H2,8,11). The second-order valence-electron chi connectivity index (χ2n) is 2.85. The predicted octanol–water partition coefficient (Wildman–Crippen LogP) is -0.00680. The van der Waals surface area contributed by atoms with E-state index in [2.05, 4.69) is 4.90 Å². The lowest BCUT2D eigenvalue weighted by molar-refractivity contribution is 0.110. The van der Waals surface area contributed by atoms with Crippen LogP contribution in [0.25, 0.3) is 0 Å². The lowest BCUT2D eigenvalue weighted by Crippen LogP contribution is -2.31. The normalized spacial score (nSPS) is 25.7. The van der Waals surface area contributed by atoms with Crippen molar-refractivity contribution in [3.05, 3.63) is 0 Å². The summed E-state index contributed by atoms with van der Waals surface area (Å²) in [6.45, 7) is 2.75. The summed E-state index contributed by atoms with van der Waals surface area (Å²) < 4.78 is 5.20. The first-order valence-electron chi connectivity index (χ1n) is 3.76. The first kappa shape index (κ1) is 8.90. The van der Waals surface area contributed by atoms with Gasteiger partial charge in [0.25, 0.3) is 0 Å². The quantitative estimate of drug-likeness (QED) is 0.611. The van der Waals surface area contributed by atoms with Crippen molar-refractivity contribution in [2.45, 2.75) is 12.5 Å². The molecule has 1 heterocycles. The fourth-order valence-electron chi connectivity index (χ4n) is 1.35. The third-order valence-corrected chi connectivity index (χ3v) is 2.07. The minimum Gasteiger partial charge on any atom is -0.392 e. The summed E-state index contributed by atoms with van der Waals surface area (Å²) in [4.78, 5) is 2.79. The number of nitrogens with zero attached hydrogens (tertiary/aromatic N) is 1. The molecule has 0 aromatic heterocycles. The van der Waals surface area contributed by atoms with E-state index in [4.69, 9.17) is 22.7 Å². The molecule has 1 saturated heterocycles. The Hall–Kier alpha value is -0.190. The van der Waals surface area contributed by atoms with Crippen molar-refractivity contribution >= 4 is 17.2 Å². The van der Waals surface area contributed by atoms with Gasteiger partial charge in [0.2, 0.25) is 0 Å². The lowest BCUT2D eigenvalue weighted by Gasteiger charge is -2.13. The number of likely N-dealkylation sites (tertiary alicyclic amines) is 1.